The summed E-state index contributed by atoms with van der Waals surface area (Å²) in [6.07, 6.45) is 1.68. The minimum atomic E-state index is 0.292. The molecule has 0 fully saturated rings. The highest BCUT2D eigenvalue weighted by molar-refractivity contribution is 7.80. The number of thiocarbonyl (C=S) groups is 1. The number of nitrogens with zero attached hydrogens (tertiary/aromatic N) is 2. The van der Waals surface area contributed by atoms with Crippen LogP contribution < -0.4 is 11.1 Å². The number of aromatic nitrogens is 2. The highest BCUT2D eigenvalue weighted by Gasteiger charge is 2.05. The summed E-state index contributed by atoms with van der Waals surface area (Å²) in [7, 11) is 0. The van der Waals surface area contributed by atoms with Crippen LogP contribution in [0.4, 0.5) is 5.69 Å². The van der Waals surface area contributed by atoms with Crippen LogP contribution in [0.2, 0.25) is 0 Å². The van der Waals surface area contributed by atoms with Gasteiger partial charge in [-0.25, -0.2) is 4.98 Å². The van der Waals surface area contributed by atoms with E-state index in [2.05, 4.69) is 15.3 Å². The van der Waals surface area contributed by atoms with E-state index < -0.39 is 0 Å². The van der Waals surface area contributed by atoms with Gasteiger partial charge in [0.1, 0.15) is 10.7 Å². The molecule has 0 saturated carbocycles. The molecule has 3 N–H and O–H groups in total. The molecule has 0 unspecified atom stereocenters. The standard InChI is InChI=1S/C12H14N4OS/c1-7-8(2)17-11(16-7)6-14-9-3-4-10(12(13)18)15-5-9/h3-5,14H,6H2,1-2H3,(H2,13,18). The summed E-state index contributed by atoms with van der Waals surface area (Å²) in [5.41, 5.74) is 7.86. The topological polar surface area (TPSA) is 77.0 Å². The van der Waals surface area contributed by atoms with Crippen molar-refractivity contribution in [3.05, 3.63) is 41.4 Å². The molecule has 94 valence electrons. The lowest BCUT2D eigenvalue weighted by Gasteiger charge is -2.04. The molecule has 2 aromatic heterocycles. The van der Waals surface area contributed by atoms with Crippen molar-refractivity contribution in [3.8, 4) is 0 Å². The zero-order chi connectivity index (χ0) is 13.1. The highest BCUT2D eigenvalue weighted by atomic mass is 32.1. The largest absolute Gasteiger partial charge is 0.444 e. The van der Waals surface area contributed by atoms with E-state index in [4.69, 9.17) is 22.4 Å². The zero-order valence-electron chi connectivity index (χ0n) is 10.2. The predicted molar refractivity (Wildman–Crippen MR) is 73.4 cm³/mol. The molecular formula is C12H14N4OS. The Kier molecular flexibility index (Phi) is 3.57. The zero-order valence-corrected chi connectivity index (χ0v) is 11.0. The maximum Gasteiger partial charge on any atom is 0.213 e. The molecule has 18 heavy (non-hydrogen) atoms. The molecule has 0 amide bonds. The summed E-state index contributed by atoms with van der Waals surface area (Å²) >= 11 is 4.83. The maximum absolute atomic E-state index is 5.47. The van der Waals surface area contributed by atoms with Gasteiger partial charge in [-0.05, 0) is 26.0 Å². The summed E-state index contributed by atoms with van der Waals surface area (Å²) in [4.78, 5) is 8.71. The van der Waals surface area contributed by atoms with Crippen molar-refractivity contribution < 1.29 is 4.42 Å². The third kappa shape index (κ3) is 2.84. The van der Waals surface area contributed by atoms with Crippen molar-refractivity contribution in [1.82, 2.24) is 9.97 Å². The Bertz CT molecular complexity index is 542. The first-order chi connectivity index (χ1) is 8.56. The molecule has 0 radical (unpaired) electrons. The number of pyridine rings is 1. The monoisotopic (exact) mass is 262 g/mol. The van der Waals surface area contributed by atoms with Gasteiger partial charge in [0.05, 0.1) is 29.8 Å². The number of hydrogen-bond donors (Lipinski definition) is 2. The lowest BCUT2D eigenvalue weighted by Crippen LogP contribution is -2.11. The number of nitrogens with two attached hydrogens (primary N) is 1. The van der Waals surface area contributed by atoms with Crippen molar-refractivity contribution in [2.75, 3.05) is 5.32 Å². The van der Waals surface area contributed by atoms with Gasteiger partial charge < -0.3 is 15.5 Å². The maximum atomic E-state index is 5.47. The minimum absolute atomic E-state index is 0.292. The van der Waals surface area contributed by atoms with Crippen LogP contribution in [-0.4, -0.2) is 15.0 Å². The average molecular weight is 262 g/mol. The molecule has 6 heteroatoms. The molecule has 0 atom stereocenters. The Labute approximate surface area is 110 Å². The van der Waals surface area contributed by atoms with E-state index in [-0.39, 0.29) is 0 Å². The van der Waals surface area contributed by atoms with E-state index in [0.717, 1.165) is 17.1 Å². The van der Waals surface area contributed by atoms with Crippen LogP contribution in [-0.2, 0) is 6.54 Å². The fourth-order valence-corrected chi connectivity index (χ4v) is 1.56. The van der Waals surface area contributed by atoms with Crippen LogP contribution in [0.15, 0.2) is 22.7 Å². The van der Waals surface area contributed by atoms with Gasteiger partial charge >= 0.3 is 0 Å². The summed E-state index contributed by atoms with van der Waals surface area (Å²) in [5, 5.41) is 3.16. The molecule has 2 aromatic rings. The molecule has 0 aliphatic rings. The van der Waals surface area contributed by atoms with E-state index in [9.17, 15) is 0 Å². The Morgan fingerprint density at radius 2 is 2.22 bits per heavy atom. The fourth-order valence-electron chi connectivity index (χ4n) is 1.44. The second-order valence-electron chi connectivity index (χ2n) is 3.90. The number of oxazole rings is 1. The third-order valence-electron chi connectivity index (χ3n) is 2.53. The first kappa shape index (κ1) is 12.5. The van der Waals surface area contributed by atoms with E-state index in [1.807, 2.05) is 19.9 Å². The number of nitrogens with one attached hydrogen (secondary N) is 1. The fraction of sp³-hybridized carbons (Fsp3) is 0.250. The van der Waals surface area contributed by atoms with Crippen molar-refractivity contribution in [1.29, 1.82) is 0 Å². The van der Waals surface area contributed by atoms with Crippen LogP contribution >= 0.6 is 12.2 Å². The number of rotatable bonds is 4. The van der Waals surface area contributed by atoms with Gasteiger partial charge in [0, 0.05) is 0 Å². The predicted octanol–water partition coefficient (Wildman–Crippen LogP) is 1.93. The van der Waals surface area contributed by atoms with Crippen molar-refractivity contribution in [2.45, 2.75) is 20.4 Å². The van der Waals surface area contributed by atoms with Crippen molar-refractivity contribution in [3.63, 3.8) is 0 Å². The van der Waals surface area contributed by atoms with Crippen molar-refractivity contribution in [2.24, 2.45) is 5.73 Å². The van der Waals surface area contributed by atoms with Crippen LogP contribution in [0, 0.1) is 13.8 Å². The van der Waals surface area contributed by atoms with E-state index >= 15 is 0 Å². The van der Waals surface area contributed by atoms with Gasteiger partial charge in [-0.15, -0.1) is 0 Å². The lowest BCUT2D eigenvalue weighted by atomic mass is 10.3. The molecule has 2 heterocycles. The SMILES string of the molecule is Cc1nc(CNc2ccc(C(N)=S)nc2)oc1C. The molecule has 0 aromatic carbocycles. The summed E-state index contributed by atoms with van der Waals surface area (Å²) in [6.45, 7) is 4.33. The Balaban J connectivity index is 2.00. The number of aryl methyl sites for hydroxylation is 2. The minimum Gasteiger partial charge on any atom is -0.444 e. The smallest absolute Gasteiger partial charge is 0.213 e. The Morgan fingerprint density at radius 3 is 2.72 bits per heavy atom. The summed E-state index contributed by atoms with van der Waals surface area (Å²) < 4.78 is 5.46. The normalized spacial score (nSPS) is 10.3. The van der Waals surface area contributed by atoms with Gasteiger partial charge in [0.2, 0.25) is 5.89 Å². The summed E-state index contributed by atoms with van der Waals surface area (Å²) in [6, 6.07) is 3.64. The second-order valence-corrected chi connectivity index (χ2v) is 4.34. The van der Waals surface area contributed by atoms with E-state index in [1.165, 1.54) is 0 Å². The van der Waals surface area contributed by atoms with Gasteiger partial charge in [-0.2, -0.15) is 0 Å². The molecule has 0 aliphatic carbocycles. The van der Waals surface area contributed by atoms with Crippen LogP contribution in [0.1, 0.15) is 23.0 Å². The molecular weight excluding hydrogens is 248 g/mol. The van der Waals surface area contributed by atoms with E-state index in [1.54, 1.807) is 12.3 Å². The molecule has 0 bridgehead atoms. The molecule has 2 rings (SSSR count). The lowest BCUT2D eigenvalue weighted by molar-refractivity contribution is 0.478. The first-order valence-electron chi connectivity index (χ1n) is 5.49. The van der Waals surface area contributed by atoms with Gasteiger partial charge in [-0.1, -0.05) is 12.2 Å². The van der Waals surface area contributed by atoms with Gasteiger partial charge in [0.15, 0.2) is 0 Å². The highest BCUT2D eigenvalue weighted by Crippen LogP contribution is 2.11. The second kappa shape index (κ2) is 5.14. The van der Waals surface area contributed by atoms with Crippen molar-refractivity contribution >= 4 is 22.9 Å². The number of hydrogen-bond acceptors (Lipinski definition) is 5. The molecule has 5 nitrogen and oxygen atoms in total. The van der Waals surface area contributed by atoms with E-state index in [0.29, 0.717) is 23.1 Å². The first-order valence-corrected chi connectivity index (χ1v) is 5.89. The van der Waals surface area contributed by atoms with Crippen LogP contribution in [0.5, 0.6) is 0 Å². The van der Waals surface area contributed by atoms with Crippen LogP contribution in [0.25, 0.3) is 0 Å². The van der Waals surface area contributed by atoms with Gasteiger partial charge in [0.25, 0.3) is 0 Å². The third-order valence-corrected chi connectivity index (χ3v) is 2.74. The Hall–Kier alpha value is -1.95. The number of anilines is 1. The molecule has 0 aliphatic heterocycles. The molecule has 0 spiro atoms. The quantitative estimate of drug-likeness (QED) is 0.820. The average Bonchev–Trinajstić information content (AvgIpc) is 2.67. The summed E-state index contributed by atoms with van der Waals surface area (Å²) in [5.74, 6) is 1.50. The van der Waals surface area contributed by atoms with Gasteiger partial charge in [-0.3, -0.25) is 4.98 Å². The molecule has 0 saturated heterocycles. The van der Waals surface area contributed by atoms with Crippen LogP contribution in [0.3, 0.4) is 0 Å². The Morgan fingerprint density at radius 1 is 1.44 bits per heavy atom.